The largest absolute Gasteiger partial charge is 0.480 e. The van der Waals surface area contributed by atoms with Gasteiger partial charge in [0.2, 0.25) is 5.91 Å². The van der Waals surface area contributed by atoms with Gasteiger partial charge in [0.15, 0.2) is 0 Å². The highest BCUT2D eigenvalue weighted by Gasteiger charge is 2.61. The number of hydrogen-bond acceptors (Lipinski definition) is 7. The second-order valence-electron chi connectivity index (χ2n) is 29.8. The van der Waals surface area contributed by atoms with Crippen LogP contribution in [-0.2, 0) is 23.8 Å². The second kappa shape index (κ2) is 28.2. The first-order chi connectivity index (χ1) is 36.8. The van der Waals surface area contributed by atoms with Gasteiger partial charge in [-0.05, 0) is 216 Å². The molecule has 0 aromatic carbocycles. The SMILES string of the molecule is CC(C)(C)OC(=O)NCC(=O)O.CC(C)CCC[C@@H](C)[C@H]1CC[C@H]2[C@@H]3CC=C4C[C@@H](OCCN)CC[C@]4(C)[C@H]3CC[C@]12C.CCC(=O)NCCO[C@H]1CC[C@@]2(C)C(=CC[C@H]3[C@@H]4CC[C@H]([C@H](C)CCCC(C)C)[C@@]4(C)CC[C@@H]32)C1. The number of carboxylic acids is 1. The summed E-state index contributed by atoms with van der Waals surface area (Å²) in [4.78, 5) is 32.2. The van der Waals surface area contributed by atoms with E-state index >= 15 is 0 Å². The third kappa shape index (κ3) is 15.8. The molecule has 0 bridgehead atoms. The minimum atomic E-state index is -1.10. The zero-order valence-electron chi connectivity index (χ0n) is 52.5. The summed E-state index contributed by atoms with van der Waals surface area (Å²) < 4.78 is 17.1. The van der Waals surface area contributed by atoms with E-state index in [-0.39, 0.29) is 5.91 Å². The van der Waals surface area contributed by atoms with Crippen LogP contribution < -0.4 is 16.4 Å². The lowest BCUT2D eigenvalue weighted by Gasteiger charge is -2.58. The van der Waals surface area contributed by atoms with Crippen LogP contribution >= 0.6 is 0 Å². The van der Waals surface area contributed by atoms with Crippen molar-refractivity contribution in [3.63, 3.8) is 0 Å². The number of rotatable bonds is 20. The van der Waals surface area contributed by atoms with Gasteiger partial charge < -0.3 is 35.7 Å². The number of alkyl carbamates (subject to hydrolysis) is 1. The van der Waals surface area contributed by atoms with Crippen molar-refractivity contribution < 1.29 is 33.7 Å². The Morgan fingerprint density at radius 3 is 1.51 bits per heavy atom. The molecule has 0 saturated heterocycles. The van der Waals surface area contributed by atoms with Crippen molar-refractivity contribution in [3.05, 3.63) is 23.3 Å². The summed E-state index contributed by atoms with van der Waals surface area (Å²) in [5, 5.41) is 13.2. The smallest absolute Gasteiger partial charge is 0.408 e. The number of nitrogens with one attached hydrogen (secondary N) is 2. The number of carboxylic acid groups (broad SMARTS) is 1. The van der Waals surface area contributed by atoms with Gasteiger partial charge in [0.05, 0.1) is 25.4 Å². The Kier molecular flexibility index (Phi) is 23.4. The van der Waals surface area contributed by atoms with E-state index < -0.39 is 24.2 Å². The van der Waals surface area contributed by atoms with E-state index in [1.807, 2.05) is 6.92 Å². The summed E-state index contributed by atoms with van der Waals surface area (Å²) in [5.74, 6) is 9.94. The number of hydrogen-bond donors (Lipinski definition) is 4. The Morgan fingerprint density at radius 2 is 1.10 bits per heavy atom. The number of amides is 2. The molecule has 10 heteroatoms. The molecule has 8 aliphatic rings. The van der Waals surface area contributed by atoms with Crippen LogP contribution in [0.1, 0.15) is 245 Å². The van der Waals surface area contributed by atoms with Crippen LogP contribution in [0, 0.1) is 92.7 Å². The highest BCUT2D eigenvalue weighted by Crippen LogP contribution is 2.69. The third-order valence-electron chi connectivity index (χ3n) is 22.9. The standard InChI is InChI=1S/C32H55NO2.C29H51NO.C7H13NO4/c1-7-30(34)33-19-20-35-25-15-17-31(5)24(21-25)11-12-26-28-14-13-27(23(4)10-8-9-22(2)3)32(28,6)18-16-29(26)31;1-20(2)7-6-8-21(3)25-11-12-26-24-10-9-22-19-23(31-18-17-30)13-15-28(22,4)27(24)14-16-29(25,26)5;1-7(2,3)12-6(11)8-4-5(9)10/h11,22-23,25-29H,7-10,12-21H2,1-6H3,(H,33,34);9,20-21,23-27H,6-8,10-19,30H2,1-5H3;4H2,1-3H3,(H,8,11)(H,9,10)/t23-,25+,26+,27-,28+,29+,31+,32-;21-,23+,24+,25-,26+,27+,28+,29-;/m11./s1. The number of fused-ring (bicyclic) bond motifs is 10. The van der Waals surface area contributed by atoms with Crippen molar-refractivity contribution >= 4 is 18.0 Å². The van der Waals surface area contributed by atoms with Gasteiger partial charge in [-0.25, -0.2) is 4.79 Å². The molecule has 78 heavy (non-hydrogen) atoms. The van der Waals surface area contributed by atoms with E-state index in [4.69, 9.17) is 25.1 Å². The maximum absolute atomic E-state index is 11.5. The number of ether oxygens (including phenoxy) is 3. The Morgan fingerprint density at radius 1 is 0.641 bits per heavy atom. The van der Waals surface area contributed by atoms with E-state index in [1.54, 1.807) is 31.9 Å². The van der Waals surface area contributed by atoms with Gasteiger partial charge in [0.25, 0.3) is 0 Å². The monoisotopic (exact) mass is 1090 g/mol. The van der Waals surface area contributed by atoms with E-state index in [9.17, 15) is 14.4 Å². The molecular weight excluding hydrogens is 971 g/mol. The minimum Gasteiger partial charge on any atom is -0.480 e. The Balaban J connectivity index is 0.000000210. The number of aliphatic carboxylic acids is 1. The van der Waals surface area contributed by atoms with Crippen LogP contribution in [0.4, 0.5) is 4.79 Å². The van der Waals surface area contributed by atoms with Gasteiger partial charge in [0.1, 0.15) is 12.1 Å². The maximum Gasteiger partial charge on any atom is 0.408 e. The van der Waals surface area contributed by atoms with Crippen molar-refractivity contribution in [1.82, 2.24) is 10.6 Å². The molecule has 0 unspecified atom stereocenters. The summed E-state index contributed by atoms with van der Waals surface area (Å²) in [6.07, 6.45) is 36.2. The highest BCUT2D eigenvalue weighted by molar-refractivity contribution is 5.76. The Labute approximate surface area is 477 Å². The van der Waals surface area contributed by atoms with Gasteiger partial charge in [-0.2, -0.15) is 0 Å². The van der Waals surface area contributed by atoms with E-state index in [1.165, 1.54) is 128 Å². The topological polar surface area (TPSA) is 149 Å². The summed E-state index contributed by atoms with van der Waals surface area (Å²) in [6.45, 7) is 34.5. The molecule has 5 N–H and O–H groups in total. The average Bonchev–Trinajstić information content (AvgIpc) is 4.11. The second-order valence-corrected chi connectivity index (χ2v) is 29.8. The fourth-order valence-electron chi connectivity index (χ4n) is 18.8. The van der Waals surface area contributed by atoms with Crippen LogP contribution in [0.15, 0.2) is 23.3 Å². The Bertz CT molecular complexity index is 1990. The summed E-state index contributed by atoms with van der Waals surface area (Å²) in [5.41, 5.74) is 10.5. The molecule has 6 saturated carbocycles. The van der Waals surface area contributed by atoms with Gasteiger partial charge >= 0.3 is 12.1 Å². The quantitative estimate of drug-likeness (QED) is 0.0696. The molecule has 0 heterocycles. The molecule has 6 fully saturated rings. The summed E-state index contributed by atoms with van der Waals surface area (Å²) in [7, 11) is 0. The number of nitrogens with two attached hydrogens (primary N) is 1. The molecule has 8 aliphatic carbocycles. The third-order valence-corrected chi connectivity index (χ3v) is 22.9. The van der Waals surface area contributed by atoms with Crippen molar-refractivity contribution in [1.29, 1.82) is 0 Å². The van der Waals surface area contributed by atoms with Crippen LogP contribution in [0.5, 0.6) is 0 Å². The first kappa shape index (κ1) is 64.7. The predicted octanol–water partition coefficient (Wildman–Crippen LogP) is 15.9. The number of allylic oxidation sites excluding steroid dienone is 2. The van der Waals surface area contributed by atoms with Crippen LogP contribution in [0.2, 0.25) is 0 Å². The zero-order chi connectivity index (χ0) is 57.2. The lowest BCUT2D eigenvalue weighted by Crippen LogP contribution is -2.51. The fraction of sp³-hybridized carbons (Fsp3) is 0.897. The molecule has 0 aromatic rings. The zero-order valence-corrected chi connectivity index (χ0v) is 52.5. The predicted molar refractivity (Wildman–Crippen MR) is 320 cm³/mol. The lowest BCUT2D eigenvalue weighted by molar-refractivity contribution is -0.136. The van der Waals surface area contributed by atoms with Crippen LogP contribution in [0.25, 0.3) is 0 Å². The molecule has 8 rings (SSSR count). The van der Waals surface area contributed by atoms with Crippen molar-refractivity contribution in [2.75, 3.05) is 32.8 Å². The summed E-state index contributed by atoms with van der Waals surface area (Å²) >= 11 is 0. The molecule has 0 spiro atoms. The van der Waals surface area contributed by atoms with Crippen LogP contribution in [-0.4, -0.2) is 73.7 Å². The molecule has 0 radical (unpaired) electrons. The Hall–Kier alpha value is -2.43. The fourth-order valence-corrected chi connectivity index (χ4v) is 18.8. The molecule has 448 valence electrons. The molecular formula is C68H119N3O7. The molecule has 0 aromatic heterocycles. The first-order valence-electron chi connectivity index (χ1n) is 32.6. The van der Waals surface area contributed by atoms with Crippen LogP contribution in [0.3, 0.4) is 0 Å². The van der Waals surface area contributed by atoms with Gasteiger partial charge in [-0.1, -0.05) is 138 Å². The lowest BCUT2D eigenvalue weighted by atomic mass is 9.47. The number of carbonyl (C=O) groups excluding carboxylic acids is 2. The summed E-state index contributed by atoms with van der Waals surface area (Å²) in [6, 6.07) is 0. The van der Waals surface area contributed by atoms with Crippen molar-refractivity contribution in [2.24, 2.45) is 98.4 Å². The van der Waals surface area contributed by atoms with E-state index in [2.05, 4.69) is 92.0 Å². The normalized spacial score (nSPS) is 36.5. The number of carbonyl (C=O) groups is 3. The van der Waals surface area contributed by atoms with Gasteiger partial charge in [-0.3, -0.25) is 9.59 Å². The first-order valence-corrected chi connectivity index (χ1v) is 32.6. The molecule has 10 nitrogen and oxygen atoms in total. The molecule has 2 amide bonds. The molecule has 16 atom stereocenters. The highest BCUT2D eigenvalue weighted by atomic mass is 16.6. The molecule has 0 aliphatic heterocycles. The maximum atomic E-state index is 11.5. The minimum absolute atomic E-state index is 0.120. The van der Waals surface area contributed by atoms with E-state index in [0.717, 1.165) is 90.5 Å². The van der Waals surface area contributed by atoms with Gasteiger partial charge in [-0.15, -0.1) is 0 Å². The van der Waals surface area contributed by atoms with Crippen molar-refractivity contribution in [2.45, 2.75) is 262 Å². The van der Waals surface area contributed by atoms with Crippen molar-refractivity contribution in [3.8, 4) is 0 Å². The van der Waals surface area contributed by atoms with Gasteiger partial charge in [0, 0.05) is 19.5 Å². The van der Waals surface area contributed by atoms with E-state index in [0.29, 0.717) is 60.0 Å². The average molecular weight is 1090 g/mol.